The van der Waals surface area contributed by atoms with Crippen LogP contribution >= 0.6 is 0 Å². The van der Waals surface area contributed by atoms with Crippen LogP contribution in [-0.4, -0.2) is 23.9 Å². The number of carbonyl (C=O) groups excluding carboxylic acids is 1. The normalized spacial score (nSPS) is 22.9. The van der Waals surface area contributed by atoms with E-state index in [4.69, 9.17) is 0 Å². The van der Waals surface area contributed by atoms with Gasteiger partial charge in [-0.1, -0.05) is 20.8 Å². The smallest absolute Gasteiger partial charge is 0.225 e. The third kappa shape index (κ3) is 3.51. The summed E-state index contributed by atoms with van der Waals surface area (Å²) in [6.45, 7) is 8.50. The molecule has 0 aromatic heterocycles. The van der Waals surface area contributed by atoms with Crippen molar-refractivity contribution < 1.29 is 4.79 Å². The molecule has 0 bridgehead atoms. The third-order valence-electron chi connectivity index (χ3n) is 3.66. The van der Waals surface area contributed by atoms with Crippen LogP contribution in [0.1, 0.15) is 52.9 Å². The minimum absolute atomic E-state index is 0.262. The SMILES string of the molecule is CCC(CC)C(=O)N1CCCC(C)CC1. The average molecular weight is 211 g/mol. The molecule has 1 amide bonds. The quantitative estimate of drug-likeness (QED) is 0.702. The van der Waals surface area contributed by atoms with Crippen molar-refractivity contribution in [3.63, 3.8) is 0 Å². The molecule has 1 fully saturated rings. The first kappa shape index (κ1) is 12.5. The van der Waals surface area contributed by atoms with E-state index in [2.05, 4.69) is 25.7 Å². The highest BCUT2D eigenvalue weighted by molar-refractivity contribution is 5.78. The fourth-order valence-corrected chi connectivity index (χ4v) is 2.38. The molecule has 0 aromatic rings. The van der Waals surface area contributed by atoms with Crippen LogP contribution in [0.5, 0.6) is 0 Å². The molecule has 0 radical (unpaired) electrons. The molecule has 1 aliphatic rings. The molecule has 0 spiro atoms. The van der Waals surface area contributed by atoms with Crippen LogP contribution in [0.2, 0.25) is 0 Å². The highest BCUT2D eigenvalue weighted by Gasteiger charge is 2.23. The Morgan fingerprint density at radius 1 is 1.27 bits per heavy atom. The standard InChI is InChI=1S/C13H25NO/c1-4-12(5-2)13(15)14-9-6-7-11(3)8-10-14/h11-12H,4-10H2,1-3H3. The van der Waals surface area contributed by atoms with Crippen LogP contribution in [0.4, 0.5) is 0 Å². The maximum absolute atomic E-state index is 12.1. The molecule has 15 heavy (non-hydrogen) atoms. The van der Waals surface area contributed by atoms with Crippen molar-refractivity contribution in [1.82, 2.24) is 4.90 Å². The monoisotopic (exact) mass is 211 g/mol. The number of carbonyl (C=O) groups is 1. The molecule has 1 unspecified atom stereocenters. The van der Waals surface area contributed by atoms with Gasteiger partial charge in [-0.2, -0.15) is 0 Å². The van der Waals surface area contributed by atoms with Crippen molar-refractivity contribution in [2.45, 2.75) is 52.9 Å². The Kier molecular flexibility index (Phi) is 5.13. The fraction of sp³-hybridized carbons (Fsp3) is 0.923. The van der Waals surface area contributed by atoms with E-state index in [1.807, 2.05) is 0 Å². The van der Waals surface area contributed by atoms with Gasteiger partial charge in [0.25, 0.3) is 0 Å². The molecule has 1 heterocycles. The number of hydrogen-bond donors (Lipinski definition) is 0. The van der Waals surface area contributed by atoms with E-state index in [9.17, 15) is 4.79 Å². The van der Waals surface area contributed by atoms with E-state index in [1.54, 1.807) is 0 Å². The van der Waals surface area contributed by atoms with Gasteiger partial charge >= 0.3 is 0 Å². The lowest BCUT2D eigenvalue weighted by Crippen LogP contribution is -2.36. The van der Waals surface area contributed by atoms with E-state index in [0.29, 0.717) is 5.91 Å². The van der Waals surface area contributed by atoms with Crippen LogP contribution < -0.4 is 0 Å². The predicted molar refractivity (Wildman–Crippen MR) is 63.7 cm³/mol. The second-order valence-corrected chi connectivity index (χ2v) is 4.87. The van der Waals surface area contributed by atoms with E-state index >= 15 is 0 Å². The molecular formula is C13H25NO. The molecule has 0 aromatic carbocycles. The Morgan fingerprint density at radius 3 is 2.53 bits per heavy atom. The average Bonchev–Trinajstić information content (AvgIpc) is 2.44. The molecular weight excluding hydrogens is 186 g/mol. The first-order valence-electron chi connectivity index (χ1n) is 6.47. The van der Waals surface area contributed by atoms with Crippen molar-refractivity contribution in [2.75, 3.05) is 13.1 Å². The first-order valence-corrected chi connectivity index (χ1v) is 6.47. The fourth-order valence-electron chi connectivity index (χ4n) is 2.38. The summed E-state index contributed by atoms with van der Waals surface area (Å²) >= 11 is 0. The lowest BCUT2D eigenvalue weighted by Gasteiger charge is -2.25. The van der Waals surface area contributed by atoms with Gasteiger partial charge in [0.05, 0.1) is 0 Å². The van der Waals surface area contributed by atoms with Crippen LogP contribution in [0.15, 0.2) is 0 Å². The van der Waals surface area contributed by atoms with Gasteiger partial charge in [0.2, 0.25) is 5.91 Å². The zero-order valence-electron chi connectivity index (χ0n) is 10.5. The van der Waals surface area contributed by atoms with Crippen molar-refractivity contribution in [2.24, 2.45) is 11.8 Å². The van der Waals surface area contributed by atoms with Gasteiger partial charge in [-0.15, -0.1) is 0 Å². The van der Waals surface area contributed by atoms with Crippen LogP contribution in [0, 0.1) is 11.8 Å². The minimum Gasteiger partial charge on any atom is -0.342 e. The Balaban J connectivity index is 2.51. The molecule has 0 N–H and O–H groups in total. The van der Waals surface area contributed by atoms with Gasteiger partial charge in [0.15, 0.2) is 0 Å². The van der Waals surface area contributed by atoms with Gasteiger partial charge in [0, 0.05) is 19.0 Å². The van der Waals surface area contributed by atoms with E-state index < -0.39 is 0 Å². The Hall–Kier alpha value is -0.530. The second kappa shape index (κ2) is 6.14. The number of amides is 1. The molecule has 2 heteroatoms. The molecule has 0 saturated carbocycles. The van der Waals surface area contributed by atoms with Gasteiger partial charge in [0.1, 0.15) is 0 Å². The maximum atomic E-state index is 12.1. The highest BCUT2D eigenvalue weighted by Crippen LogP contribution is 2.19. The number of nitrogens with zero attached hydrogens (tertiary/aromatic N) is 1. The molecule has 1 atom stereocenters. The largest absolute Gasteiger partial charge is 0.342 e. The lowest BCUT2D eigenvalue weighted by molar-refractivity contribution is -0.135. The Labute approximate surface area is 94.0 Å². The van der Waals surface area contributed by atoms with Gasteiger partial charge in [-0.05, 0) is 38.0 Å². The molecule has 88 valence electrons. The summed E-state index contributed by atoms with van der Waals surface area (Å²) in [7, 11) is 0. The van der Waals surface area contributed by atoms with Crippen molar-refractivity contribution in [1.29, 1.82) is 0 Å². The summed E-state index contributed by atoms with van der Waals surface area (Å²) in [5.41, 5.74) is 0. The molecule has 1 aliphatic heterocycles. The number of rotatable bonds is 3. The Bertz CT molecular complexity index is 199. The van der Waals surface area contributed by atoms with Gasteiger partial charge in [-0.3, -0.25) is 4.79 Å². The zero-order chi connectivity index (χ0) is 11.3. The van der Waals surface area contributed by atoms with Crippen LogP contribution in [0.25, 0.3) is 0 Å². The van der Waals surface area contributed by atoms with Crippen LogP contribution in [0.3, 0.4) is 0 Å². The maximum Gasteiger partial charge on any atom is 0.225 e. The molecule has 0 aliphatic carbocycles. The summed E-state index contributed by atoms with van der Waals surface area (Å²) in [4.78, 5) is 14.2. The van der Waals surface area contributed by atoms with E-state index in [0.717, 1.165) is 31.8 Å². The zero-order valence-corrected chi connectivity index (χ0v) is 10.5. The van der Waals surface area contributed by atoms with E-state index in [1.165, 1.54) is 19.3 Å². The lowest BCUT2D eigenvalue weighted by atomic mass is 10.0. The highest BCUT2D eigenvalue weighted by atomic mass is 16.2. The molecule has 1 saturated heterocycles. The number of likely N-dealkylation sites (tertiary alicyclic amines) is 1. The number of hydrogen-bond acceptors (Lipinski definition) is 1. The van der Waals surface area contributed by atoms with Gasteiger partial charge in [-0.25, -0.2) is 0 Å². The Morgan fingerprint density at radius 2 is 1.93 bits per heavy atom. The van der Waals surface area contributed by atoms with Crippen molar-refractivity contribution in [3.8, 4) is 0 Å². The summed E-state index contributed by atoms with van der Waals surface area (Å²) < 4.78 is 0. The predicted octanol–water partition coefficient (Wildman–Crippen LogP) is 3.07. The molecule has 2 nitrogen and oxygen atoms in total. The molecule has 1 rings (SSSR count). The van der Waals surface area contributed by atoms with Crippen molar-refractivity contribution in [3.05, 3.63) is 0 Å². The van der Waals surface area contributed by atoms with Gasteiger partial charge < -0.3 is 4.90 Å². The first-order chi connectivity index (χ1) is 7.19. The summed E-state index contributed by atoms with van der Waals surface area (Å²) in [6.07, 6.45) is 5.63. The van der Waals surface area contributed by atoms with Crippen molar-refractivity contribution >= 4 is 5.91 Å². The minimum atomic E-state index is 0.262. The summed E-state index contributed by atoms with van der Waals surface area (Å²) in [6, 6.07) is 0. The topological polar surface area (TPSA) is 20.3 Å². The second-order valence-electron chi connectivity index (χ2n) is 4.87. The summed E-state index contributed by atoms with van der Waals surface area (Å²) in [5, 5.41) is 0. The summed E-state index contributed by atoms with van der Waals surface area (Å²) in [5.74, 6) is 1.46. The van der Waals surface area contributed by atoms with E-state index in [-0.39, 0.29) is 5.92 Å². The van der Waals surface area contributed by atoms with Crippen LogP contribution in [-0.2, 0) is 4.79 Å². The third-order valence-corrected chi connectivity index (χ3v) is 3.66.